The number of anilines is 1. The first-order valence-electron chi connectivity index (χ1n) is 5.27. The number of carbonyl (C=O) groups is 1. The molecule has 0 spiro atoms. The van der Waals surface area contributed by atoms with Crippen LogP contribution in [-0.4, -0.2) is 29.4 Å². The van der Waals surface area contributed by atoms with Gasteiger partial charge in [-0.2, -0.15) is 0 Å². The van der Waals surface area contributed by atoms with E-state index in [4.69, 9.17) is 5.73 Å². The maximum Gasteiger partial charge on any atom is 0.272 e. The van der Waals surface area contributed by atoms with Gasteiger partial charge in [-0.15, -0.1) is 0 Å². The summed E-state index contributed by atoms with van der Waals surface area (Å²) < 4.78 is 0. The third-order valence-corrected chi connectivity index (χ3v) is 2.05. The van der Waals surface area contributed by atoms with E-state index >= 15 is 0 Å². The largest absolute Gasteiger partial charge is 0.384 e. The molecule has 0 fully saturated rings. The van der Waals surface area contributed by atoms with Crippen molar-refractivity contribution in [1.29, 1.82) is 0 Å². The summed E-state index contributed by atoms with van der Waals surface area (Å²) in [5.41, 5.74) is 6.01. The summed E-state index contributed by atoms with van der Waals surface area (Å²) in [4.78, 5) is 17.7. The fourth-order valence-electron chi connectivity index (χ4n) is 1.55. The lowest BCUT2D eigenvalue weighted by Gasteiger charge is -2.26. The zero-order valence-electron chi connectivity index (χ0n) is 10.3. The smallest absolute Gasteiger partial charge is 0.272 e. The summed E-state index contributed by atoms with van der Waals surface area (Å²) in [6, 6.07) is 5.08. The van der Waals surface area contributed by atoms with E-state index in [1.54, 1.807) is 30.1 Å². The van der Waals surface area contributed by atoms with Crippen LogP contribution < -0.4 is 5.73 Å². The predicted octanol–water partition coefficient (Wildman–Crippen LogP) is 1.78. The molecule has 4 heteroatoms. The van der Waals surface area contributed by atoms with E-state index in [9.17, 15) is 4.79 Å². The Kier molecular flexibility index (Phi) is 3.52. The highest BCUT2D eigenvalue weighted by Gasteiger charge is 2.19. The van der Waals surface area contributed by atoms with Gasteiger partial charge in [0.25, 0.3) is 5.91 Å². The average Bonchev–Trinajstić information content (AvgIpc) is 2.14. The highest BCUT2D eigenvalue weighted by Crippen LogP contribution is 2.15. The maximum atomic E-state index is 12.0. The standard InChI is InChI=1S/C12H19N3O/c1-12(2,3)8-15(4)11(16)9-6-5-7-10(13)14-9/h5-7H,8H2,1-4H3,(H2,13,14). The first-order chi connectivity index (χ1) is 7.29. The van der Waals surface area contributed by atoms with Crippen molar-refractivity contribution in [3.63, 3.8) is 0 Å². The van der Waals surface area contributed by atoms with Gasteiger partial charge in [0, 0.05) is 13.6 Å². The fourth-order valence-corrected chi connectivity index (χ4v) is 1.55. The van der Waals surface area contributed by atoms with Crippen molar-refractivity contribution in [2.45, 2.75) is 20.8 Å². The highest BCUT2D eigenvalue weighted by atomic mass is 16.2. The minimum absolute atomic E-state index is 0.0741. The molecular weight excluding hydrogens is 202 g/mol. The summed E-state index contributed by atoms with van der Waals surface area (Å²) in [5, 5.41) is 0. The predicted molar refractivity (Wildman–Crippen MR) is 65.1 cm³/mol. The van der Waals surface area contributed by atoms with E-state index < -0.39 is 0 Å². The molecule has 0 saturated carbocycles. The molecule has 16 heavy (non-hydrogen) atoms. The van der Waals surface area contributed by atoms with Crippen molar-refractivity contribution < 1.29 is 4.79 Å². The number of amides is 1. The SMILES string of the molecule is CN(CC(C)(C)C)C(=O)c1cccc(N)n1. The lowest BCUT2D eigenvalue weighted by atomic mass is 9.96. The molecule has 0 bridgehead atoms. The van der Waals surface area contributed by atoms with Crippen LogP contribution in [0.5, 0.6) is 0 Å². The normalized spacial score (nSPS) is 11.2. The molecule has 0 aliphatic heterocycles. The minimum Gasteiger partial charge on any atom is -0.384 e. The molecule has 4 nitrogen and oxygen atoms in total. The Morgan fingerprint density at radius 2 is 2.06 bits per heavy atom. The van der Waals surface area contributed by atoms with Gasteiger partial charge < -0.3 is 10.6 Å². The van der Waals surface area contributed by atoms with Crippen LogP contribution in [0.15, 0.2) is 18.2 Å². The second kappa shape index (κ2) is 4.51. The summed E-state index contributed by atoms with van der Waals surface area (Å²) in [6.07, 6.45) is 0. The second-order valence-electron chi connectivity index (χ2n) is 5.17. The first kappa shape index (κ1) is 12.5. The molecule has 0 saturated heterocycles. The lowest BCUT2D eigenvalue weighted by molar-refractivity contribution is 0.0740. The van der Waals surface area contributed by atoms with E-state index in [-0.39, 0.29) is 11.3 Å². The number of nitrogens with zero attached hydrogens (tertiary/aromatic N) is 2. The molecule has 0 aliphatic rings. The van der Waals surface area contributed by atoms with Gasteiger partial charge in [-0.05, 0) is 17.5 Å². The molecule has 1 rings (SSSR count). The Bertz CT molecular complexity index is 382. The summed E-state index contributed by atoms with van der Waals surface area (Å²) in [5.74, 6) is 0.275. The minimum atomic E-state index is -0.0952. The summed E-state index contributed by atoms with van der Waals surface area (Å²) in [7, 11) is 1.78. The molecule has 1 amide bonds. The fraction of sp³-hybridized carbons (Fsp3) is 0.500. The number of hydrogen-bond donors (Lipinski definition) is 1. The van der Waals surface area contributed by atoms with E-state index in [0.29, 0.717) is 18.1 Å². The van der Waals surface area contributed by atoms with Gasteiger partial charge in [0.15, 0.2) is 0 Å². The Morgan fingerprint density at radius 3 is 2.56 bits per heavy atom. The van der Waals surface area contributed by atoms with Crippen LogP contribution in [0.2, 0.25) is 0 Å². The van der Waals surface area contributed by atoms with Crippen molar-refractivity contribution in [1.82, 2.24) is 9.88 Å². The Hall–Kier alpha value is -1.58. The van der Waals surface area contributed by atoms with Crippen molar-refractivity contribution >= 4 is 11.7 Å². The molecular formula is C12H19N3O. The first-order valence-corrected chi connectivity index (χ1v) is 5.27. The Balaban J connectivity index is 2.78. The Labute approximate surface area is 96.5 Å². The molecule has 0 aliphatic carbocycles. The van der Waals surface area contributed by atoms with Gasteiger partial charge in [-0.1, -0.05) is 26.8 Å². The van der Waals surface area contributed by atoms with Gasteiger partial charge in [0.2, 0.25) is 0 Å². The van der Waals surface area contributed by atoms with E-state index in [1.165, 1.54) is 0 Å². The van der Waals surface area contributed by atoms with Crippen LogP contribution in [0.1, 0.15) is 31.3 Å². The van der Waals surface area contributed by atoms with Crippen molar-refractivity contribution in [3.8, 4) is 0 Å². The molecule has 0 atom stereocenters. The number of pyridine rings is 1. The number of hydrogen-bond acceptors (Lipinski definition) is 3. The topological polar surface area (TPSA) is 59.2 Å². The van der Waals surface area contributed by atoms with Gasteiger partial charge in [0.1, 0.15) is 11.5 Å². The summed E-state index contributed by atoms with van der Waals surface area (Å²) in [6.45, 7) is 6.94. The van der Waals surface area contributed by atoms with E-state index in [1.807, 2.05) is 0 Å². The van der Waals surface area contributed by atoms with Crippen LogP contribution in [0.3, 0.4) is 0 Å². The molecule has 0 aromatic carbocycles. The second-order valence-corrected chi connectivity index (χ2v) is 5.17. The van der Waals surface area contributed by atoms with Crippen molar-refractivity contribution in [2.24, 2.45) is 5.41 Å². The molecule has 2 N–H and O–H groups in total. The zero-order valence-corrected chi connectivity index (χ0v) is 10.3. The molecule has 0 unspecified atom stereocenters. The number of nitrogen functional groups attached to an aromatic ring is 1. The van der Waals surface area contributed by atoms with Crippen LogP contribution in [0.25, 0.3) is 0 Å². The third-order valence-electron chi connectivity index (χ3n) is 2.05. The Morgan fingerprint density at radius 1 is 1.44 bits per heavy atom. The molecule has 1 heterocycles. The van der Waals surface area contributed by atoms with E-state index in [2.05, 4.69) is 25.8 Å². The lowest BCUT2D eigenvalue weighted by Crippen LogP contribution is -2.34. The zero-order chi connectivity index (χ0) is 12.3. The third kappa shape index (κ3) is 3.53. The van der Waals surface area contributed by atoms with Crippen molar-refractivity contribution in [2.75, 3.05) is 19.3 Å². The number of carbonyl (C=O) groups excluding carboxylic acids is 1. The van der Waals surface area contributed by atoms with Gasteiger partial charge in [-0.25, -0.2) is 4.98 Å². The number of aromatic nitrogens is 1. The quantitative estimate of drug-likeness (QED) is 0.828. The molecule has 1 aromatic rings. The molecule has 0 radical (unpaired) electrons. The van der Waals surface area contributed by atoms with Gasteiger partial charge >= 0.3 is 0 Å². The van der Waals surface area contributed by atoms with Crippen LogP contribution in [0, 0.1) is 5.41 Å². The highest BCUT2D eigenvalue weighted by molar-refractivity contribution is 5.92. The molecule has 1 aromatic heterocycles. The molecule has 88 valence electrons. The summed E-state index contributed by atoms with van der Waals surface area (Å²) >= 11 is 0. The van der Waals surface area contributed by atoms with Crippen molar-refractivity contribution in [3.05, 3.63) is 23.9 Å². The average molecular weight is 221 g/mol. The van der Waals surface area contributed by atoms with Crippen LogP contribution in [-0.2, 0) is 0 Å². The van der Waals surface area contributed by atoms with Crippen LogP contribution in [0.4, 0.5) is 5.82 Å². The van der Waals surface area contributed by atoms with Gasteiger partial charge in [0.05, 0.1) is 0 Å². The number of nitrogens with two attached hydrogens (primary N) is 1. The van der Waals surface area contributed by atoms with E-state index in [0.717, 1.165) is 0 Å². The monoisotopic (exact) mass is 221 g/mol. The number of rotatable bonds is 2. The van der Waals surface area contributed by atoms with Crippen LogP contribution >= 0.6 is 0 Å². The van der Waals surface area contributed by atoms with Gasteiger partial charge in [-0.3, -0.25) is 4.79 Å². The maximum absolute atomic E-state index is 12.0.